The second-order valence-electron chi connectivity index (χ2n) is 0.561. The average molecular weight is 90.1 g/mol. The molecule has 0 saturated carbocycles. The lowest BCUT2D eigenvalue weighted by Gasteiger charge is -1.86. The summed E-state index contributed by atoms with van der Waals surface area (Å²) < 4.78 is 3.62. The minimum atomic E-state index is -1.21. The number of amides is 1. The number of nitrogens with one attached hydrogen (secondary N) is 1. The van der Waals surface area contributed by atoms with Gasteiger partial charge in [-0.2, -0.15) is 0 Å². The molecule has 0 spiro atoms. The summed E-state index contributed by atoms with van der Waals surface area (Å²) in [5.41, 5.74) is 5.96. The average Bonchev–Trinajstić information content (AvgIpc) is 1.35. The Hall–Kier alpha value is -0.770. The molecule has 0 aromatic heterocycles. The van der Waals surface area contributed by atoms with Gasteiger partial charge in [-0.1, -0.05) is 0 Å². The number of carbonyl (C=O) groups is 1. The third-order valence-corrected chi connectivity index (χ3v) is 0.196. The molecule has 0 rings (SSSR count). The van der Waals surface area contributed by atoms with Crippen molar-refractivity contribution in [3.63, 3.8) is 0 Å². The highest BCUT2D eigenvalue weighted by Crippen LogP contribution is 1.65. The fraction of sp³-hybridized carbons (Fsp3) is 0.500. The Morgan fingerprint density at radius 3 is 2.50 bits per heavy atom. The molecule has 0 atom stereocenters. The first-order valence-electron chi connectivity index (χ1n) is 1.26. The van der Waals surface area contributed by atoms with Gasteiger partial charge >= 0.3 is 6.09 Å². The van der Waals surface area contributed by atoms with Gasteiger partial charge in [-0.25, -0.2) is 10.5 Å². The molecular weight excluding hydrogens is 86.0 g/mol. The van der Waals surface area contributed by atoms with Gasteiger partial charge in [0.1, 0.15) is 0 Å². The minimum Gasteiger partial charge on any atom is -0.421 e. The number of aliphatic hydroxyl groups excluding tert-OH is 1. The van der Waals surface area contributed by atoms with E-state index in [9.17, 15) is 4.79 Å². The maximum atomic E-state index is 9.33. The Morgan fingerprint density at radius 1 is 2.00 bits per heavy atom. The van der Waals surface area contributed by atoms with Crippen LogP contribution in [0.15, 0.2) is 0 Å². The topological polar surface area (TPSA) is 70.3 Å². The van der Waals surface area contributed by atoms with Gasteiger partial charge < -0.3 is 9.84 Å². The van der Waals surface area contributed by atoms with Crippen molar-refractivity contribution in [1.29, 1.82) is 0 Å². The Morgan fingerprint density at radius 2 is 2.50 bits per heavy atom. The Bertz CT molecular complexity index is 52.8. The predicted molar refractivity (Wildman–Crippen MR) is 16.7 cm³/mol. The molecule has 6 heavy (non-hydrogen) atoms. The van der Waals surface area contributed by atoms with Crippen LogP contribution >= 0.6 is 0 Å². The van der Waals surface area contributed by atoms with Crippen LogP contribution in [0.2, 0.25) is 0 Å². The van der Waals surface area contributed by atoms with E-state index in [1.165, 1.54) is 0 Å². The molecule has 0 bridgehead atoms. The van der Waals surface area contributed by atoms with E-state index in [1.807, 2.05) is 0 Å². The van der Waals surface area contributed by atoms with E-state index in [0.717, 1.165) is 0 Å². The third-order valence-electron chi connectivity index (χ3n) is 0.196. The van der Waals surface area contributed by atoms with Crippen LogP contribution < -0.4 is 5.73 Å². The zero-order valence-electron chi connectivity index (χ0n) is 2.97. The van der Waals surface area contributed by atoms with Crippen molar-refractivity contribution in [1.82, 2.24) is 5.73 Å². The van der Waals surface area contributed by atoms with Crippen LogP contribution in [-0.4, -0.2) is 18.0 Å². The third kappa shape index (κ3) is 3.23. The number of rotatable bonds is 1. The molecule has 0 heterocycles. The molecule has 0 aliphatic carbocycles. The molecule has 4 nitrogen and oxygen atoms in total. The Labute approximate surface area is 34.5 Å². The van der Waals surface area contributed by atoms with Gasteiger partial charge in [0.15, 0.2) is 6.79 Å². The van der Waals surface area contributed by atoms with E-state index in [4.69, 9.17) is 10.8 Å². The number of ether oxygens (including phenoxy) is 1. The second kappa shape index (κ2) is 2.47. The van der Waals surface area contributed by atoms with E-state index in [1.54, 1.807) is 0 Å². The van der Waals surface area contributed by atoms with Crippen molar-refractivity contribution in [2.24, 2.45) is 0 Å². The van der Waals surface area contributed by atoms with Gasteiger partial charge in [-0.15, -0.1) is 0 Å². The monoisotopic (exact) mass is 90.0 g/mol. The summed E-state index contributed by atoms with van der Waals surface area (Å²) in [5.74, 6) is 0. The molecule has 0 aliphatic heterocycles. The predicted octanol–water partition coefficient (Wildman–Crippen LogP) is -0.644. The van der Waals surface area contributed by atoms with Gasteiger partial charge in [0.05, 0.1) is 0 Å². The van der Waals surface area contributed by atoms with Crippen LogP contribution in [0.25, 0.3) is 0 Å². The first-order chi connectivity index (χ1) is 2.77. The fourth-order valence-corrected chi connectivity index (χ4v) is 0.0586. The maximum Gasteiger partial charge on any atom is 0.428 e. The van der Waals surface area contributed by atoms with Crippen molar-refractivity contribution in [3.8, 4) is 0 Å². The quantitative estimate of drug-likeness (QED) is 0.435. The van der Waals surface area contributed by atoms with Gasteiger partial charge in [-0.3, -0.25) is 0 Å². The lowest BCUT2D eigenvalue weighted by Crippen LogP contribution is -2.01. The summed E-state index contributed by atoms with van der Waals surface area (Å²) in [6.07, 6.45) is -1.21. The lowest BCUT2D eigenvalue weighted by atomic mass is 11.2. The highest BCUT2D eigenvalue weighted by atomic mass is 16.6. The zero-order valence-corrected chi connectivity index (χ0v) is 2.97. The molecule has 0 aromatic carbocycles. The zero-order chi connectivity index (χ0) is 4.99. The molecule has 1 amide bonds. The van der Waals surface area contributed by atoms with E-state index >= 15 is 0 Å². The van der Waals surface area contributed by atoms with Gasteiger partial charge in [-0.05, 0) is 0 Å². The van der Waals surface area contributed by atoms with Crippen molar-refractivity contribution in [2.75, 3.05) is 6.79 Å². The molecule has 0 aromatic rings. The Kier molecular flexibility index (Phi) is 2.15. The molecule has 1 radical (unpaired) electrons. The molecular formula is C2H4NO3. The van der Waals surface area contributed by atoms with Crippen LogP contribution in [-0.2, 0) is 4.74 Å². The summed E-state index contributed by atoms with van der Waals surface area (Å²) in [4.78, 5) is 9.33. The summed E-state index contributed by atoms with van der Waals surface area (Å²) >= 11 is 0. The molecule has 0 fully saturated rings. The first kappa shape index (κ1) is 5.23. The molecule has 2 N–H and O–H groups in total. The SMILES string of the molecule is [NH]C(=O)OCO. The summed E-state index contributed by atoms with van der Waals surface area (Å²) in [6.45, 7) is -0.706. The molecule has 35 valence electrons. The van der Waals surface area contributed by atoms with Gasteiger partial charge in [0, 0.05) is 0 Å². The molecule has 0 saturated heterocycles. The van der Waals surface area contributed by atoms with Crippen LogP contribution in [0.4, 0.5) is 4.79 Å². The van der Waals surface area contributed by atoms with Crippen LogP contribution in [0.5, 0.6) is 0 Å². The van der Waals surface area contributed by atoms with E-state index in [-0.39, 0.29) is 0 Å². The smallest absolute Gasteiger partial charge is 0.421 e. The van der Waals surface area contributed by atoms with Gasteiger partial charge in [0.25, 0.3) is 0 Å². The Balaban J connectivity index is 2.83. The molecule has 4 heteroatoms. The number of aliphatic hydroxyl groups is 1. The van der Waals surface area contributed by atoms with Crippen LogP contribution in [0.1, 0.15) is 0 Å². The van der Waals surface area contributed by atoms with Crippen LogP contribution in [0.3, 0.4) is 0 Å². The largest absolute Gasteiger partial charge is 0.428 e. The fourth-order valence-electron chi connectivity index (χ4n) is 0.0586. The molecule has 0 unspecified atom stereocenters. The summed E-state index contributed by atoms with van der Waals surface area (Å²) in [6, 6.07) is 0. The second-order valence-corrected chi connectivity index (χ2v) is 0.561. The number of hydrogen-bond donors (Lipinski definition) is 1. The number of hydrogen-bond acceptors (Lipinski definition) is 3. The van der Waals surface area contributed by atoms with Crippen molar-refractivity contribution in [2.45, 2.75) is 0 Å². The summed E-state index contributed by atoms with van der Waals surface area (Å²) in [7, 11) is 0. The molecule has 0 aliphatic rings. The van der Waals surface area contributed by atoms with Crippen molar-refractivity contribution >= 4 is 6.09 Å². The van der Waals surface area contributed by atoms with Crippen molar-refractivity contribution < 1.29 is 14.6 Å². The van der Waals surface area contributed by atoms with E-state index < -0.39 is 12.9 Å². The van der Waals surface area contributed by atoms with Gasteiger partial charge in [0.2, 0.25) is 0 Å². The maximum absolute atomic E-state index is 9.33. The lowest BCUT2D eigenvalue weighted by molar-refractivity contribution is 0.0490. The normalized spacial score (nSPS) is 7.50. The highest BCUT2D eigenvalue weighted by molar-refractivity contribution is 5.63. The highest BCUT2D eigenvalue weighted by Gasteiger charge is 1.85. The first-order valence-corrected chi connectivity index (χ1v) is 1.26. The van der Waals surface area contributed by atoms with Crippen molar-refractivity contribution in [3.05, 3.63) is 0 Å². The van der Waals surface area contributed by atoms with E-state index in [2.05, 4.69) is 4.74 Å². The summed E-state index contributed by atoms with van der Waals surface area (Å²) in [5, 5.41) is 7.67. The number of carbonyl (C=O) groups excluding carboxylic acids is 1. The van der Waals surface area contributed by atoms with Crippen LogP contribution in [0, 0.1) is 0 Å². The van der Waals surface area contributed by atoms with E-state index in [0.29, 0.717) is 0 Å². The standard InChI is InChI=1S/C2H4NO3/c3-2(5)6-1-4/h3-4H,1H2. The minimum absolute atomic E-state index is 0.706.